The molecule has 0 spiro atoms. The van der Waals surface area contributed by atoms with Crippen LogP contribution in [0.3, 0.4) is 0 Å². The molecule has 0 radical (unpaired) electrons. The summed E-state index contributed by atoms with van der Waals surface area (Å²) >= 11 is 0. The van der Waals surface area contributed by atoms with Gasteiger partial charge in [-0.2, -0.15) is 0 Å². The Morgan fingerprint density at radius 2 is 1.02 bits per heavy atom. The van der Waals surface area contributed by atoms with Crippen LogP contribution in [0.5, 0.6) is 0 Å². The van der Waals surface area contributed by atoms with Crippen molar-refractivity contribution in [3.63, 3.8) is 0 Å². The fraction of sp³-hybridized carbons (Fsp3) is 0.0455. The predicted molar refractivity (Wildman–Crippen MR) is 198 cm³/mol. The minimum atomic E-state index is 0.780. The number of hydrogen-bond donors (Lipinski definition) is 0. The molecule has 3 aromatic heterocycles. The summed E-state index contributed by atoms with van der Waals surface area (Å²) in [5, 5.41) is 6.43. The first-order chi connectivity index (χ1) is 23.3. The molecule has 1 aliphatic rings. The molecule has 3 nitrogen and oxygen atoms in total. The van der Waals surface area contributed by atoms with Gasteiger partial charge >= 0.3 is 0 Å². The van der Waals surface area contributed by atoms with Crippen molar-refractivity contribution in [1.82, 2.24) is 13.7 Å². The Bertz CT molecular complexity index is 2680. The molecule has 0 bridgehead atoms. The van der Waals surface area contributed by atoms with Crippen molar-refractivity contribution >= 4 is 66.3 Å². The minimum absolute atomic E-state index is 0.780. The summed E-state index contributed by atoms with van der Waals surface area (Å²) in [4.78, 5) is 0. The average molecular weight is 602 g/mol. The van der Waals surface area contributed by atoms with Crippen LogP contribution in [0.2, 0.25) is 0 Å². The van der Waals surface area contributed by atoms with Crippen LogP contribution in [0.15, 0.2) is 158 Å². The zero-order valence-electron chi connectivity index (χ0n) is 25.8. The van der Waals surface area contributed by atoms with Gasteiger partial charge < -0.3 is 13.7 Å². The van der Waals surface area contributed by atoms with Crippen LogP contribution >= 0.6 is 0 Å². The first-order valence-electron chi connectivity index (χ1n) is 16.4. The minimum Gasteiger partial charge on any atom is -0.339 e. The number of nitrogens with zero attached hydrogens (tertiary/aromatic N) is 3. The number of benzene rings is 6. The van der Waals surface area contributed by atoms with Gasteiger partial charge in [-0.05, 0) is 54.1 Å². The first kappa shape index (κ1) is 26.2. The number of para-hydroxylation sites is 6. The number of aromatic nitrogens is 3. The first-order valence-corrected chi connectivity index (χ1v) is 16.4. The Balaban J connectivity index is 1.21. The molecule has 0 atom stereocenters. The van der Waals surface area contributed by atoms with Gasteiger partial charge in [0, 0.05) is 68.1 Å². The monoisotopic (exact) mass is 601 g/mol. The Labute approximate surface area is 272 Å². The molecular weight excluding hydrogens is 571 g/mol. The summed E-state index contributed by atoms with van der Waals surface area (Å²) in [6.45, 7) is 0.780. The Morgan fingerprint density at radius 3 is 1.72 bits per heavy atom. The number of rotatable bonds is 4. The smallest absolute Gasteiger partial charge is 0.0591 e. The predicted octanol–water partition coefficient (Wildman–Crippen LogP) is 11.0. The topological polar surface area (TPSA) is 14.8 Å². The third kappa shape index (κ3) is 3.87. The third-order valence-corrected chi connectivity index (χ3v) is 9.97. The Morgan fingerprint density at radius 1 is 0.468 bits per heavy atom. The van der Waals surface area contributed by atoms with E-state index in [4.69, 9.17) is 0 Å². The van der Waals surface area contributed by atoms with E-state index in [0.29, 0.717) is 0 Å². The second-order valence-electron chi connectivity index (χ2n) is 12.5. The molecule has 0 unspecified atom stereocenters. The van der Waals surface area contributed by atoms with E-state index in [-0.39, 0.29) is 0 Å². The van der Waals surface area contributed by atoms with Crippen LogP contribution in [0.1, 0.15) is 16.8 Å². The van der Waals surface area contributed by atoms with E-state index in [1.54, 1.807) is 0 Å². The molecule has 47 heavy (non-hydrogen) atoms. The molecule has 0 fully saturated rings. The standard InChI is InChI=1S/C44H31N3/c1-2-15-31(16-3-1)47-43-26-11-7-20-35(43)37-22-12-14-30(44(37)47)29-45-39-23-8-4-21-36(39)38-28-32(17-13-27-40(38)45)46-41-24-9-5-18-33(41)34-19-6-10-25-42(34)46/h1-26,28H,27,29H2. The van der Waals surface area contributed by atoms with Crippen LogP contribution in [0, 0.1) is 0 Å². The van der Waals surface area contributed by atoms with E-state index in [1.165, 1.54) is 82.7 Å². The van der Waals surface area contributed by atoms with Crippen molar-refractivity contribution in [2.24, 2.45) is 0 Å². The molecule has 3 heteroatoms. The average Bonchev–Trinajstić information content (AvgIpc) is 3.68. The van der Waals surface area contributed by atoms with E-state index in [1.807, 2.05) is 0 Å². The third-order valence-electron chi connectivity index (χ3n) is 9.97. The molecular formula is C44H31N3. The van der Waals surface area contributed by atoms with Crippen LogP contribution in [0.25, 0.3) is 72.0 Å². The lowest BCUT2D eigenvalue weighted by molar-refractivity contribution is 0.790. The van der Waals surface area contributed by atoms with E-state index < -0.39 is 0 Å². The normalized spacial score (nSPS) is 13.1. The maximum absolute atomic E-state index is 2.56. The summed E-state index contributed by atoms with van der Waals surface area (Å²) in [6, 6.07) is 52.8. The highest BCUT2D eigenvalue weighted by Crippen LogP contribution is 2.39. The Hall–Kier alpha value is -6.06. The molecule has 3 heterocycles. The summed E-state index contributed by atoms with van der Waals surface area (Å²) in [5.74, 6) is 0. The molecule has 222 valence electrons. The van der Waals surface area contributed by atoms with Crippen molar-refractivity contribution in [1.29, 1.82) is 0 Å². The molecule has 0 saturated heterocycles. The van der Waals surface area contributed by atoms with Crippen molar-refractivity contribution in [3.05, 3.63) is 175 Å². The van der Waals surface area contributed by atoms with Gasteiger partial charge in [0.25, 0.3) is 0 Å². The SMILES string of the molecule is C1=CC(n2c3ccccc3c3ccccc32)=Cc2c(n(Cc3cccc4c5ccccc5n(-c5ccccc5)c34)c3ccccc23)C1. The molecule has 0 N–H and O–H groups in total. The summed E-state index contributed by atoms with van der Waals surface area (Å²) in [5.41, 5.74) is 12.6. The van der Waals surface area contributed by atoms with E-state index in [2.05, 4.69) is 178 Å². The van der Waals surface area contributed by atoms with Gasteiger partial charge in [-0.1, -0.05) is 115 Å². The summed E-state index contributed by atoms with van der Waals surface area (Å²) < 4.78 is 7.44. The van der Waals surface area contributed by atoms with Crippen LogP contribution in [-0.4, -0.2) is 13.7 Å². The summed E-state index contributed by atoms with van der Waals surface area (Å²) in [6.07, 6.45) is 7.93. The highest BCUT2D eigenvalue weighted by atomic mass is 15.0. The van der Waals surface area contributed by atoms with Gasteiger partial charge in [0.05, 0.1) is 22.1 Å². The zero-order chi connectivity index (χ0) is 30.9. The van der Waals surface area contributed by atoms with Crippen molar-refractivity contribution in [2.45, 2.75) is 13.0 Å². The number of hydrogen-bond acceptors (Lipinski definition) is 0. The van der Waals surface area contributed by atoms with Crippen LogP contribution in [-0.2, 0) is 13.0 Å². The molecule has 10 rings (SSSR count). The van der Waals surface area contributed by atoms with Gasteiger partial charge in [-0.3, -0.25) is 0 Å². The van der Waals surface area contributed by atoms with Gasteiger partial charge in [0.2, 0.25) is 0 Å². The zero-order valence-corrected chi connectivity index (χ0v) is 25.8. The molecule has 0 amide bonds. The largest absolute Gasteiger partial charge is 0.339 e. The quantitative estimate of drug-likeness (QED) is 0.191. The van der Waals surface area contributed by atoms with Crippen molar-refractivity contribution < 1.29 is 0 Å². The van der Waals surface area contributed by atoms with Crippen LogP contribution in [0.4, 0.5) is 0 Å². The maximum Gasteiger partial charge on any atom is 0.0591 e. The van der Waals surface area contributed by atoms with E-state index in [0.717, 1.165) is 13.0 Å². The van der Waals surface area contributed by atoms with E-state index >= 15 is 0 Å². The molecule has 1 aliphatic carbocycles. The van der Waals surface area contributed by atoms with Gasteiger partial charge in [0.1, 0.15) is 0 Å². The molecule has 9 aromatic rings. The van der Waals surface area contributed by atoms with Crippen molar-refractivity contribution in [3.8, 4) is 5.69 Å². The highest BCUT2D eigenvalue weighted by molar-refractivity contribution is 6.12. The van der Waals surface area contributed by atoms with Crippen LogP contribution < -0.4 is 0 Å². The molecule has 0 saturated carbocycles. The Kier molecular flexibility index (Phi) is 5.70. The van der Waals surface area contributed by atoms with Gasteiger partial charge in [0.15, 0.2) is 0 Å². The van der Waals surface area contributed by atoms with Gasteiger partial charge in [-0.25, -0.2) is 0 Å². The lowest BCUT2D eigenvalue weighted by Crippen LogP contribution is -2.06. The second kappa shape index (κ2) is 10.2. The number of fused-ring (bicyclic) bond motifs is 9. The lowest BCUT2D eigenvalue weighted by atomic mass is 10.1. The fourth-order valence-corrected chi connectivity index (χ4v) is 8.00. The highest BCUT2D eigenvalue weighted by Gasteiger charge is 2.21. The van der Waals surface area contributed by atoms with E-state index in [9.17, 15) is 0 Å². The van der Waals surface area contributed by atoms with Gasteiger partial charge in [-0.15, -0.1) is 0 Å². The molecule has 6 aromatic carbocycles. The maximum atomic E-state index is 2.56. The fourth-order valence-electron chi connectivity index (χ4n) is 8.00. The summed E-state index contributed by atoms with van der Waals surface area (Å²) in [7, 11) is 0. The molecule has 0 aliphatic heterocycles. The number of allylic oxidation sites excluding steroid dienone is 3. The lowest BCUT2D eigenvalue weighted by Gasteiger charge is -2.15. The second-order valence-corrected chi connectivity index (χ2v) is 12.5. The van der Waals surface area contributed by atoms with Crippen molar-refractivity contribution in [2.75, 3.05) is 0 Å².